The minimum Gasteiger partial charge on any atom is -0.494 e. The number of hydrogen-bond acceptors (Lipinski definition) is 6. The topological polar surface area (TPSA) is 114 Å². The van der Waals surface area contributed by atoms with Crippen molar-refractivity contribution in [3.05, 3.63) is 47.0 Å². The van der Waals surface area contributed by atoms with Crippen molar-refractivity contribution < 1.29 is 27.5 Å². The van der Waals surface area contributed by atoms with E-state index in [4.69, 9.17) is 21.1 Å². The van der Waals surface area contributed by atoms with Crippen molar-refractivity contribution >= 4 is 39.1 Å². The second-order valence-corrected chi connectivity index (χ2v) is 9.95. The van der Waals surface area contributed by atoms with Crippen molar-refractivity contribution in [3.8, 4) is 11.5 Å². The summed E-state index contributed by atoms with van der Waals surface area (Å²) in [5.74, 6) is 0.236. The van der Waals surface area contributed by atoms with E-state index in [9.17, 15) is 18.0 Å². The highest BCUT2D eigenvalue weighted by atomic mass is 35.5. The highest BCUT2D eigenvalue weighted by Crippen LogP contribution is 2.38. The van der Waals surface area contributed by atoms with Crippen LogP contribution in [-0.4, -0.2) is 50.3 Å². The van der Waals surface area contributed by atoms with E-state index in [-0.39, 0.29) is 47.2 Å². The van der Waals surface area contributed by atoms with Gasteiger partial charge >= 0.3 is 0 Å². The Balaban J connectivity index is 1.49. The number of ether oxygens (including phenoxy) is 2. The third-order valence-corrected chi connectivity index (χ3v) is 7.83. The van der Waals surface area contributed by atoms with Crippen LogP contribution in [0.4, 0.5) is 5.69 Å². The van der Waals surface area contributed by atoms with Gasteiger partial charge in [-0.05, 0) is 43.5 Å². The predicted octanol–water partition coefficient (Wildman–Crippen LogP) is 2.54. The van der Waals surface area contributed by atoms with Crippen LogP contribution in [0.15, 0.2) is 41.3 Å². The number of amides is 2. The van der Waals surface area contributed by atoms with Gasteiger partial charge in [-0.2, -0.15) is 4.31 Å². The molecule has 4 rings (SSSR count). The van der Waals surface area contributed by atoms with Crippen LogP contribution in [0.5, 0.6) is 11.5 Å². The first-order chi connectivity index (χ1) is 15.8. The van der Waals surface area contributed by atoms with E-state index in [1.54, 1.807) is 0 Å². The Morgan fingerprint density at radius 1 is 1.30 bits per heavy atom. The molecule has 176 valence electrons. The number of anilines is 1. The molecule has 2 aliphatic rings. The van der Waals surface area contributed by atoms with E-state index < -0.39 is 16.1 Å². The molecule has 0 bridgehead atoms. The van der Waals surface area contributed by atoms with Gasteiger partial charge in [0.1, 0.15) is 22.4 Å². The van der Waals surface area contributed by atoms with Crippen LogP contribution in [-0.2, 0) is 26.2 Å². The van der Waals surface area contributed by atoms with Gasteiger partial charge in [0.15, 0.2) is 6.61 Å². The lowest BCUT2D eigenvalue weighted by molar-refractivity contribution is -0.124. The van der Waals surface area contributed by atoms with Crippen LogP contribution in [0, 0.1) is 0 Å². The summed E-state index contributed by atoms with van der Waals surface area (Å²) < 4.78 is 38.7. The highest BCUT2D eigenvalue weighted by molar-refractivity contribution is 7.89. The molecule has 1 unspecified atom stereocenters. The number of carbonyl (C=O) groups excluding carboxylic acids is 2. The first kappa shape index (κ1) is 23.3. The average Bonchev–Trinajstić information content (AvgIpc) is 3.29. The van der Waals surface area contributed by atoms with Crippen molar-refractivity contribution in [1.29, 1.82) is 0 Å². The number of nitrogens with zero attached hydrogens (tertiary/aromatic N) is 1. The smallest absolute Gasteiger partial charge is 0.262 e. The fraction of sp³-hybridized carbons (Fsp3) is 0.364. The monoisotopic (exact) mass is 493 g/mol. The molecule has 33 heavy (non-hydrogen) atoms. The summed E-state index contributed by atoms with van der Waals surface area (Å²) >= 11 is 6.25. The van der Waals surface area contributed by atoms with Gasteiger partial charge < -0.3 is 20.1 Å². The van der Waals surface area contributed by atoms with Crippen LogP contribution in [0.1, 0.15) is 25.3 Å². The van der Waals surface area contributed by atoms with Crippen LogP contribution < -0.4 is 20.1 Å². The van der Waals surface area contributed by atoms with Crippen molar-refractivity contribution in [2.24, 2.45) is 0 Å². The maximum absolute atomic E-state index is 13.4. The summed E-state index contributed by atoms with van der Waals surface area (Å²) in [6.45, 7) is 2.72. The van der Waals surface area contributed by atoms with Crippen LogP contribution in [0.3, 0.4) is 0 Å². The number of fused-ring (bicyclic) bond motifs is 1. The molecule has 2 amide bonds. The second-order valence-electron chi connectivity index (χ2n) is 7.68. The van der Waals surface area contributed by atoms with E-state index in [1.807, 2.05) is 31.2 Å². The van der Waals surface area contributed by atoms with E-state index in [0.717, 1.165) is 11.3 Å². The van der Waals surface area contributed by atoms with Gasteiger partial charge in [-0.15, -0.1) is 0 Å². The maximum atomic E-state index is 13.4. The Hall–Kier alpha value is -2.82. The zero-order valence-electron chi connectivity index (χ0n) is 18.0. The molecule has 0 saturated carbocycles. The number of halogens is 1. The van der Waals surface area contributed by atoms with Crippen LogP contribution in [0.25, 0.3) is 0 Å². The van der Waals surface area contributed by atoms with E-state index in [1.165, 1.54) is 16.4 Å². The summed E-state index contributed by atoms with van der Waals surface area (Å²) in [5, 5.41) is 5.36. The average molecular weight is 494 g/mol. The number of benzene rings is 2. The van der Waals surface area contributed by atoms with Gasteiger partial charge in [0.2, 0.25) is 15.9 Å². The molecule has 2 aromatic rings. The summed E-state index contributed by atoms with van der Waals surface area (Å²) in [6, 6.07) is 9.13. The Labute approximate surface area is 197 Å². The molecular weight excluding hydrogens is 470 g/mol. The first-order valence-electron chi connectivity index (χ1n) is 10.6. The molecule has 0 aromatic heterocycles. The molecular formula is C22H24ClN3O6S. The van der Waals surface area contributed by atoms with Crippen molar-refractivity contribution in [1.82, 2.24) is 9.62 Å². The van der Waals surface area contributed by atoms with E-state index in [0.29, 0.717) is 25.1 Å². The molecule has 9 nitrogen and oxygen atoms in total. The molecule has 2 N–H and O–H groups in total. The van der Waals surface area contributed by atoms with Gasteiger partial charge in [-0.1, -0.05) is 23.7 Å². The number of rotatable bonds is 7. The number of nitrogens with one attached hydrogen (secondary N) is 2. The maximum Gasteiger partial charge on any atom is 0.262 e. The van der Waals surface area contributed by atoms with E-state index in [2.05, 4.69) is 10.6 Å². The zero-order valence-corrected chi connectivity index (χ0v) is 19.5. The zero-order chi connectivity index (χ0) is 23.6. The number of carbonyl (C=O) groups is 2. The Morgan fingerprint density at radius 3 is 2.79 bits per heavy atom. The fourth-order valence-corrected chi connectivity index (χ4v) is 6.05. The number of hydrogen-bond donors (Lipinski definition) is 2. The standard InChI is InChI=1S/C22H24ClN3O6S/c1-2-31-15-7-5-14(6-8-15)12-24-22(28)18-4-3-9-26(18)33(29,30)20-11-19-17(10-16(20)23)25-21(27)13-32-19/h5-8,10-11,18H,2-4,9,12-13H2,1H3,(H,24,28)(H,25,27). The Morgan fingerprint density at radius 2 is 2.06 bits per heavy atom. The third-order valence-electron chi connectivity index (χ3n) is 5.46. The Kier molecular flexibility index (Phi) is 6.78. The lowest BCUT2D eigenvalue weighted by Gasteiger charge is -2.25. The molecule has 1 atom stereocenters. The molecule has 2 aromatic carbocycles. The van der Waals surface area contributed by atoms with Crippen molar-refractivity contribution in [2.75, 3.05) is 25.1 Å². The molecule has 0 radical (unpaired) electrons. The number of sulfonamides is 1. The molecule has 1 fully saturated rings. The second kappa shape index (κ2) is 9.58. The predicted molar refractivity (Wildman–Crippen MR) is 122 cm³/mol. The molecule has 1 saturated heterocycles. The summed E-state index contributed by atoms with van der Waals surface area (Å²) in [7, 11) is -4.07. The minimum atomic E-state index is -4.07. The van der Waals surface area contributed by atoms with Crippen LogP contribution >= 0.6 is 11.6 Å². The summed E-state index contributed by atoms with van der Waals surface area (Å²) in [5.41, 5.74) is 1.18. The summed E-state index contributed by atoms with van der Waals surface area (Å²) in [4.78, 5) is 24.2. The molecule has 2 heterocycles. The van der Waals surface area contributed by atoms with Gasteiger partial charge in [0, 0.05) is 19.2 Å². The third kappa shape index (κ3) is 4.92. The molecule has 0 aliphatic carbocycles. The largest absolute Gasteiger partial charge is 0.494 e. The van der Waals surface area contributed by atoms with Crippen LogP contribution in [0.2, 0.25) is 5.02 Å². The first-order valence-corrected chi connectivity index (χ1v) is 12.4. The molecule has 11 heteroatoms. The quantitative estimate of drug-likeness (QED) is 0.612. The SMILES string of the molecule is CCOc1ccc(CNC(=O)C2CCCN2S(=O)(=O)c2cc3c(cc2Cl)NC(=O)CO3)cc1. The van der Waals surface area contributed by atoms with Gasteiger partial charge in [-0.25, -0.2) is 8.42 Å². The van der Waals surface area contributed by atoms with E-state index >= 15 is 0 Å². The van der Waals surface area contributed by atoms with Gasteiger partial charge in [-0.3, -0.25) is 9.59 Å². The normalized spacial score (nSPS) is 18.2. The van der Waals surface area contributed by atoms with Crippen molar-refractivity contribution in [3.63, 3.8) is 0 Å². The van der Waals surface area contributed by atoms with Gasteiger partial charge in [0.25, 0.3) is 5.91 Å². The Bertz CT molecular complexity index is 1170. The molecule has 2 aliphatic heterocycles. The lowest BCUT2D eigenvalue weighted by atomic mass is 10.2. The minimum absolute atomic E-state index is 0.0556. The lowest BCUT2D eigenvalue weighted by Crippen LogP contribution is -2.45. The highest BCUT2D eigenvalue weighted by Gasteiger charge is 2.40. The molecule has 0 spiro atoms. The van der Waals surface area contributed by atoms with Gasteiger partial charge in [0.05, 0.1) is 17.3 Å². The summed E-state index contributed by atoms with van der Waals surface area (Å²) in [6.07, 6.45) is 0.957. The van der Waals surface area contributed by atoms with Crippen molar-refractivity contribution in [2.45, 2.75) is 37.2 Å². The fourth-order valence-electron chi connectivity index (χ4n) is 3.87.